The Balaban J connectivity index is 1.90. The second kappa shape index (κ2) is 6.75. The number of rotatable bonds is 5. The Hall–Kier alpha value is -2.81. The van der Waals surface area contributed by atoms with Gasteiger partial charge < -0.3 is 9.84 Å². The van der Waals surface area contributed by atoms with Crippen LogP contribution in [-0.4, -0.2) is 17.2 Å². The van der Waals surface area contributed by atoms with Crippen molar-refractivity contribution in [2.24, 2.45) is 0 Å². The van der Waals surface area contributed by atoms with Crippen LogP contribution in [0.4, 0.5) is 0 Å². The standard InChI is InChI=1S/C21H20O3/c1-14-10-11-17(15(2)12-14)13-20(21(22)23)24-19-9-5-7-16-6-3-4-8-18(16)19/h3-12,20H,13H2,1-2H3,(H,22,23). The van der Waals surface area contributed by atoms with E-state index in [9.17, 15) is 9.90 Å². The zero-order chi connectivity index (χ0) is 17.1. The van der Waals surface area contributed by atoms with Gasteiger partial charge in [-0.2, -0.15) is 0 Å². The molecule has 0 radical (unpaired) electrons. The molecule has 0 bridgehead atoms. The highest BCUT2D eigenvalue weighted by Gasteiger charge is 2.21. The van der Waals surface area contributed by atoms with E-state index in [0.717, 1.165) is 27.5 Å². The minimum absolute atomic E-state index is 0.338. The topological polar surface area (TPSA) is 46.5 Å². The smallest absolute Gasteiger partial charge is 0.345 e. The van der Waals surface area contributed by atoms with Gasteiger partial charge in [-0.05, 0) is 36.4 Å². The van der Waals surface area contributed by atoms with Crippen molar-refractivity contribution in [3.05, 3.63) is 77.4 Å². The maximum absolute atomic E-state index is 11.7. The lowest BCUT2D eigenvalue weighted by Crippen LogP contribution is -2.29. The third kappa shape index (κ3) is 3.40. The molecule has 0 aromatic heterocycles. The maximum atomic E-state index is 11.7. The van der Waals surface area contributed by atoms with E-state index in [1.807, 2.05) is 68.4 Å². The van der Waals surface area contributed by atoms with Crippen molar-refractivity contribution in [3.8, 4) is 5.75 Å². The van der Waals surface area contributed by atoms with Crippen LogP contribution in [0.1, 0.15) is 16.7 Å². The largest absolute Gasteiger partial charge is 0.478 e. The molecule has 0 spiro atoms. The van der Waals surface area contributed by atoms with Crippen LogP contribution >= 0.6 is 0 Å². The van der Waals surface area contributed by atoms with Crippen LogP contribution in [0.2, 0.25) is 0 Å². The van der Waals surface area contributed by atoms with Crippen LogP contribution in [-0.2, 0) is 11.2 Å². The monoisotopic (exact) mass is 320 g/mol. The third-order valence-corrected chi connectivity index (χ3v) is 4.20. The lowest BCUT2D eigenvalue weighted by Gasteiger charge is -2.18. The van der Waals surface area contributed by atoms with Crippen LogP contribution in [0.3, 0.4) is 0 Å². The van der Waals surface area contributed by atoms with Crippen LogP contribution in [0.25, 0.3) is 10.8 Å². The van der Waals surface area contributed by atoms with Crippen LogP contribution in [0, 0.1) is 13.8 Å². The number of hydrogen-bond acceptors (Lipinski definition) is 2. The number of ether oxygens (including phenoxy) is 1. The Kier molecular flexibility index (Phi) is 4.52. The van der Waals surface area contributed by atoms with Gasteiger partial charge in [0.1, 0.15) is 5.75 Å². The average molecular weight is 320 g/mol. The van der Waals surface area contributed by atoms with Crippen molar-refractivity contribution < 1.29 is 14.6 Å². The molecule has 0 aliphatic carbocycles. The number of aryl methyl sites for hydroxylation is 2. The summed E-state index contributed by atoms with van der Waals surface area (Å²) >= 11 is 0. The van der Waals surface area contributed by atoms with E-state index in [1.54, 1.807) is 0 Å². The Morgan fingerprint density at radius 1 is 1.04 bits per heavy atom. The molecule has 1 atom stereocenters. The van der Waals surface area contributed by atoms with Gasteiger partial charge in [0.25, 0.3) is 0 Å². The molecule has 0 aliphatic heterocycles. The number of carbonyl (C=O) groups is 1. The fourth-order valence-electron chi connectivity index (χ4n) is 2.91. The number of carboxylic acids is 1. The molecule has 3 aromatic carbocycles. The number of carboxylic acid groups (broad SMARTS) is 1. The second-order valence-corrected chi connectivity index (χ2v) is 6.06. The van der Waals surface area contributed by atoms with Gasteiger partial charge in [0.05, 0.1) is 0 Å². The first-order chi connectivity index (χ1) is 11.5. The molecule has 0 aliphatic rings. The fraction of sp³-hybridized carbons (Fsp3) is 0.190. The number of benzene rings is 3. The van der Waals surface area contributed by atoms with Gasteiger partial charge in [-0.25, -0.2) is 4.79 Å². The molecule has 3 heteroatoms. The van der Waals surface area contributed by atoms with E-state index in [-0.39, 0.29) is 0 Å². The van der Waals surface area contributed by atoms with E-state index in [2.05, 4.69) is 6.07 Å². The van der Waals surface area contributed by atoms with Crippen molar-refractivity contribution in [1.82, 2.24) is 0 Å². The van der Waals surface area contributed by atoms with E-state index in [0.29, 0.717) is 12.2 Å². The molecule has 1 unspecified atom stereocenters. The average Bonchev–Trinajstić information content (AvgIpc) is 2.56. The second-order valence-electron chi connectivity index (χ2n) is 6.06. The predicted molar refractivity (Wildman–Crippen MR) is 95.6 cm³/mol. The highest BCUT2D eigenvalue weighted by molar-refractivity contribution is 5.88. The summed E-state index contributed by atoms with van der Waals surface area (Å²) in [5.74, 6) is -0.354. The molecule has 0 saturated carbocycles. The summed E-state index contributed by atoms with van der Waals surface area (Å²) < 4.78 is 5.88. The van der Waals surface area contributed by atoms with E-state index < -0.39 is 12.1 Å². The van der Waals surface area contributed by atoms with Gasteiger partial charge in [-0.3, -0.25) is 0 Å². The van der Waals surface area contributed by atoms with Crippen molar-refractivity contribution in [2.75, 3.05) is 0 Å². The first-order valence-corrected chi connectivity index (χ1v) is 7.98. The number of aliphatic carboxylic acids is 1. The molecule has 24 heavy (non-hydrogen) atoms. The van der Waals surface area contributed by atoms with E-state index in [1.165, 1.54) is 0 Å². The zero-order valence-corrected chi connectivity index (χ0v) is 13.8. The Bertz CT molecular complexity index is 878. The summed E-state index contributed by atoms with van der Waals surface area (Å²) in [5.41, 5.74) is 3.24. The predicted octanol–water partition coefficient (Wildman–Crippen LogP) is 4.53. The normalized spacial score (nSPS) is 12.1. The molecule has 3 aromatic rings. The van der Waals surface area contributed by atoms with Gasteiger partial charge in [0.2, 0.25) is 0 Å². The molecule has 1 N–H and O–H groups in total. The van der Waals surface area contributed by atoms with Crippen molar-refractivity contribution in [2.45, 2.75) is 26.4 Å². The van der Waals surface area contributed by atoms with Crippen LogP contribution in [0.15, 0.2) is 60.7 Å². The van der Waals surface area contributed by atoms with Crippen LogP contribution in [0.5, 0.6) is 5.75 Å². The number of fused-ring (bicyclic) bond motifs is 1. The fourth-order valence-corrected chi connectivity index (χ4v) is 2.91. The minimum Gasteiger partial charge on any atom is -0.478 e. The summed E-state index contributed by atoms with van der Waals surface area (Å²) in [6, 6.07) is 19.5. The quantitative estimate of drug-likeness (QED) is 0.751. The van der Waals surface area contributed by atoms with Crippen molar-refractivity contribution in [1.29, 1.82) is 0 Å². The van der Waals surface area contributed by atoms with Gasteiger partial charge in [-0.15, -0.1) is 0 Å². The van der Waals surface area contributed by atoms with E-state index in [4.69, 9.17) is 4.74 Å². The summed E-state index contributed by atoms with van der Waals surface area (Å²) in [7, 11) is 0. The molecule has 0 saturated heterocycles. The zero-order valence-electron chi connectivity index (χ0n) is 13.8. The summed E-state index contributed by atoms with van der Waals surface area (Å²) in [4.78, 5) is 11.7. The SMILES string of the molecule is Cc1ccc(CC(Oc2cccc3ccccc23)C(=O)O)c(C)c1. The molecule has 122 valence electrons. The van der Waals surface area contributed by atoms with Crippen LogP contribution < -0.4 is 4.74 Å². The molecular weight excluding hydrogens is 300 g/mol. The van der Waals surface area contributed by atoms with Gasteiger partial charge in [0, 0.05) is 11.8 Å². The van der Waals surface area contributed by atoms with Gasteiger partial charge in [0.15, 0.2) is 6.10 Å². The summed E-state index contributed by atoms with van der Waals surface area (Å²) in [6.45, 7) is 4.03. The lowest BCUT2D eigenvalue weighted by molar-refractivity contribution is -0.144. The molecule has 0 heterocycles. The summed E-state index contributed by atoms with van der Waals surface area (Å²) in [5, 5.41) is 11.5. The molecule has 3 nitrogen and oxygen atoms in total. The Morgan fingerprint density at radius 2 is 1.79 bits per heavy atom. The Labute approximate surface area is 141 Å². The molecular formula is C21H20O3. The highest BCUT2D eigenvalue weighted by atomic mass is 16.5. The maximum Gasteiger partial charge on any atom is 0.345 e. The lowest BCUT2D eigenvalue weighted by atomic mass is 10.0. The first-order valence-electron chi connectivity index (χ1n) is 7.98. The van der Waals surface area contributed by atoms with Crippen molar-refractivity contribution in [3.63, 3.8) is 0 Å². The summed E-state index contributed by atoms with van der Waals surface area (Å²) in [6.07, 6.45) is -0.581. The van der Waals surface area contributed by atoms with Gasteiger partial charge >= 0.3 is 5.97 Å². The molecule has 0 fully saturated rings. The Morgan fingerprint density at radius 3 is 2.54 bits per heavy atom. The van der Waals surface area contributed by atoms with E-state index >= 15 is 0 Å². The molecule has 3 rings (SSSR count). The number of hydrogen-bond donors (Lipinski definition) is 1. The first kappa shape index (κ1) is 16.1. The van der Waals surface area contributed by atoms with Gasteiger partial charge in [-0.1, -0.05) is 60.2 Å². The third-order valence-electron chi connectivity index (χ3n) is 4.20. The molecule has 0 amide bonds. The van der Waals surface area contributed by atoms with Crippen molar-refractivity contribution >= 4 is 16.7 Å². The minimum atomic E-state index is -0.956. The highest BCUT2D eigenvalue weighted by Crippen LogP contribution is 2.27.